The standard InChI is InChI=1S/C11H15N3O/c15-11-13-12-10-8-2-6-1-7(3-8)5-9(4-6)14(10)11/h6-9H,1-5H2,(H,13,15)/t6-,7-,8?,9?/m1/s1. The zero-order chi connectivity index (χ0) is 9.99. The van der Waals surface area contributed by atoms with Crippen molar-refractivity contribution in [1.29, 1.82) is 0 Å². The maximum Gasteiger partial charge on any atom is 0.343 e. The highest BCUT2D eigenvalue weighted by Gasteiger charge is 2.43. The molecule has 0 amide bonds. The fourth-order valence-electron chi connectivity index (χ4n) is 4.19. The van der Waals surface area contributed by atoms with Crippen LogP contribution in [0.25, 0.3) is 0 Å². The lowest BCUT2D eigenvalue weighted by Crippen LogP contribution is -2.29. The van der Waals surface area contributed by atoms with E-state index in [0.717, 1.165) is 17.7 Å². The highest BCUT2D eigenvalue weighted by Crippen LogP contribution is 2.52. The van der Waals surface area contributed by atoms with E-state index in [1.807, 2.05) is 4.57 Å². The molecular weight excluding hydrogens is 190 g/mol. The molecule has 0 unspecified atom stereocenters. The molecule has 4 heteroatoms. The third-order valence-electron chi connectivity index (χ3n) is 4.58. The van der Waals surface area contributed by atoms with Crippen molar-refractivity contribution in [3.63, 3.8) is 0 Å². The molecule has 3 heterocycles. The van der Waals surface area contributed by atoms with Gasteiger partial charge in [-0.1, -0.05) is 0 Å². The molecule has 0 radical (unpaired) electrons. The van der Waals surface area contributed by atoms with Crippen molar-refractivity contribution < 1.29 is 0 Å². The molecule has 15 heavy (non-hydrogen) atoms. The van der Waals surface area contributed by atoms with Crippen LogP contribution in [-0.4, -0.2) is 14.8 Å². The second-order valence-corrected chi connectivity index (χ2v) is 5.52. The summed E-state index contributed by atoms with van der Waals surface area (Å²) in [4.78, 5) is 11.7. The number of hydrogen-bond acceptors (Lipinski definition) is 2. The Hall–Kier alpha value is -1.06. The number of aromatic amines is 1. The molecule has 2 aliphatic heterocycles. The summed E-state index contributed by atoms with van der Waals surface area (Å²) < 4.78 is 1.96. The van der Waals surface area contributed by atoms with Crippen molar-refractivity contribution in [2.24, 2.45) is 11.8 Å². The Morgan fingerprint density at radius 1 is 1.13 bits per heavy atom. The lowest BCUT2D eigenvalue weighted by molar-refractivity contribution is 0.149. The van der Waals surface area contributed by atoms with Crippen molar-refractivity contribution in [3.8, 4) is 0 Å². The van der Waals surface area contributed by atoms with Crippen molar-refractivity contribution in [2.45, 2.75) is 44.1 Å². The number of aromatic nitrogens is 3. The molecule has 2 saturated carbocycles. The molecule has 2 fully saturated rings. The van der Waals surface area contributed by atoms with E-state index in [4.69, 9.17) is 0 Å². The Bertz CT molecular complexity index is 447. The number of hydrogen-bond donors (Lipinski definition) is 1. The Labute approximate surface area is 87.7 Å². The van der Waals surface area contributed by atoms with Gasteiger partial charge in [0.1, 0.15) is 5.82 Å². The SMILES string of the molecule is O=c1[nH]nc2n1C1C[C@H]3CC2C[C@H](C1)C3. The lowest BCUT2D eigenvalue weighted by atomic mass is 9.68. The van der Waals surface area contributed by atoms with Gasteiger partial charge in [-0.15, -0.1) is 0 Å². The average molecular weight is 205 g/mol. The average Bonchev–Trinajstić information content (AvgIpc) is 2.50. The summed E-state index contributed by atoms with van der Waals surface area (Å²) in [6.07, 6.45) is 6.34. The monoisotopic (exact) mass is 205 g/mol. The van der Waals surface area contributed by atoms with Crippen LogP contribution in [0.1, 0.15) is 49.9 Å². The molecule has 4 bridgehead atoms. The summed E-state index contributed by atoms with van der Waals surface area (Å²) in [6, 6.07) is 0.447. The fraction of sp³-hybridized carbons (Fsp3) is 0.818. The molecule has 4 aliphatic rings. The van der Waals surface area contributed by atoms with E-state index < -0.39 is 0 Å². The van der Waals surface area contributed by atoms with Gasteiger partial charge in [0.25, 0.3) is 0 Å². The minimum Gasteiger partial charge on any atom is -0.276 e. The van der Waals surface area contributed by atoms with Gasteiger partial charge in [0.15, 0.2) is 0 Å². The van der Waals surface area contributed by atoms with E-state index in [0.29, 0.717) is 12.0 Å². The van der Waals surface area contributed by atoms with E-state index >= 15 is 0 Å². The first kappa shape index (κ1) is 8.13. The predicted molar refractivity (Wildman–Crippen MR) is 54.7 cm³/mol. The van der Waals surface area contributed by atoms with Crippen LogP contribution in [0.3, 0.4) is 0 Å². The van der Waals surface area contributed by atoms with Crippen LogP contribution >= 0.6 is 0 Å². The van der Waals surface area contributed by atoms with E-state index in [1.165, 1.54) is 32.1 Å². The first-order valence-corrected chi connectivity index (χ1v) is 5.98. The molecule has 0 saturated heterocycles. The molecule has 0 spiro atoms. The van der Waals surface area contributed by atoms with Gasteiger partial charge in [-0.3, -0.25) is 4.57 Å². The Balaban J connectivity index is 1.95. The van der Waals surface area contributed by atoms with Crippen molar-refractivity contribution >= 4 is 0 Å². The normalized spacial score (nSPS) is 41.6. The van der Waals surface area contributed by atoms with Crippen LogP contribution < -0.4 is 5.69 Å². The van der Waals surface area contributed by atoms with Gasteiger partial charge in [-0.05, 0) is 43.9 Å². The third-order valence-corrected chi connectivity index (χ3v) is 4.58. The summed E-state index contributed by atoms with van der Waals surface area (Å²) in [6.45, 7) is 0. The summed E-state index contributed by atoms with van der Waals surface area (Å²) in [5.74, 6) is 3.32. The summed E-state index contributed by atoms with van der Waals surface area (Å²) in [5.41, 5.74) is 0.0169. The first-order chi connectivity index (χ1) is 7.31. The molecule has 5 rings (SSSR count). The highest BCUT2D eigenvalue weighted by molar-refractivity contribution is 5.09. The summed E-state index contributed by atoms with van der Waals surface area (Å²) in [7, 11) is 0. The summed E-state index contributed by atoms with van der Waals surface area (Å²) in [5, 5.41) is 6.86. The van der Waals surface area contributed by atoms with Crippen LogP contribution in [0.2, 0.25) is 0 Å². The molecule has 0 aromatic carbocycles. The molecular formula is C11H15N3O. The van der Waals surface area contributed by atoms with Crippen LogP contribution in [0.4, 0.5) is 0 Å². The Kier molecular flexibility index (Phi) is 1.38. The van der Waals surface area contributed by atoms with E-state index in [2.05, 4.69) is 10.2 Å². The second kappa shape index (κ2) is 2.54. The van der Waals surface area contributed by atoms with Crippen LogP contribution in [0.5, 0.6) is 0 Å². The van der Waals surface area contributed by atoms with Gasteiger partial charge >= 0.3 is 5.69 Å². The first-order valence-electron chi connectivity index (χ1n) is 5.98. The van der Waals surface area contributed by atoms with Gasteiger partial charge in [0.05, 0.1) is 0 Å². The quantitative estimate of drug-likeness (QED) is 0.696. The molecule has 1 N–H and O–H groups in total. The Morgan fingerprint density at radius 2 is 1.87 bits per heavy atom. The fourth-order valence-corrected chi connectivity index (χ4v) is 4.19. The second-order valence-electron chi connectivity index (χ2n) is 5.52. The smallest absolute Gasteiger partial charge is 0.276 e. The van der Waals surface area contributed by atoms with Crippen LogP contribution in [0.15, 0.2) is 4.79 Å². The zero-order valence-electron chi connectivity index (χ0n) is 8.65. The molecule has 1 aromatic heterocycles. The molecule has 2 atom stereocenters. The van der Waals surface area contributed by atoms with E-state index in [-0.39, 0.29) is 5.69 Å². The summed E-state index contributed by atoms with van der Waals surface area (Å²) >= 11 is 0. The largest absolute Gasteiger partial charge is 0.343 e. The van der Waals surface area contributed by atoms with E-state index in [9.17, 15) is 4.79 Å². The molecule has 1 aromatic rings. The highest BCUT2D eigenvalue weighted by atomic mass is 16.1. The van der Waals surface area contributed by atoms with Gasteiger partial charge in [-0.2, -0.15) is 5.10 Å². The minimum absolute atomic E-state index is 0.0169. The van der Waals surface area contributed by atoms with Crippen molar-refractivity contribution in [3.05, 3.63) is 16.3 Å². The van der Waals surface area contributed by atoms with E-state index in [1.54, 1.807) is 0 Å². The molecule has 4 nitrogen and oxygen atoms in total. The number of rotatable bonds is 0. The maximum absolute atomic E-state index is 11.7. The lowest BCUT2D eigenvalue weighted by Gasteiger charge is -2.37. The van der Waals surface area contributed by atoms with Crippen molar-refractivity contribution in [2.75, 3.05) is 0 Å². The topological polar surface area (TPSA) is 50.7 Å². The van der Waals surface area contributed by atoms with Gasteiger partial charge in [0, 0.05) is 12.0 Å². The zero-order valence-corrected chi connectivity index (χ0v) is 8.65. The van der Waals surface area contributed by atoms with Crippen LogP contribution in [-0.2, 0) is 0 Å². The van der Waals surface area contributed by atoms with Gasteiger partial charge < -0.3 is 0 Å². The number of nitrogens with zero attached hydrogens (tertiary/aromatic N) is 2. The van der Waals surface area contributed by atoms with Gasteiger partial charge in [0.2, 0.25) is 0 Å². The maximum atomic E-state index is 11.7. The number of H-pyrrole nitrogens is 1. The van der Waals surface area contributed by atoms with Gasteiger partial charge in [-0.25, -0.2) is 9.89 Å². The van der Waals surface area contributed by atoms with Crippen molar-refractivity contribution in [1.82, 2.24) is 14.8 Å². The minimum atomic E-state index is 0.0169. The molecule has 2 aliphatic carbocycles. The van der Waals surface area contributed by atoms with Crippen LogP contribution in [0, 0.1) is 11.8 Å². The predicted octanol–water partition coefficient (Wildman–Crippen LogP) is 1.42. The Morgan fingerprint density at radius 3 is 2.60 bits per heavy atom. The molecule has 80 valence electrons. The number of nitrogens with one attached hydrogen (secondary N) is 1. The third kappa shape index (κ3) is 0.971.